The highest BCUT2D eigenvalue weighted by atomic mass is 16.3. The number of Topliss-reactive ketones (excluding diaryl/α,β-unsaturated/α-hetero) is 1. The quantitative estimate of drug-likeness (QED) is 0.626. The summed E-state index contributed by atoms with van der Waals surface area (Å²) < 4.78 is 0. The molecular formula is C15H18O2. The first-order valence-corrected chi connectivity index (χ1v) is 5.93. The Balaban J connectivity index is 2.34. The first-order chi connectivity index (χ1) is 7.92. The molecule has 1 aromatic rings. The molecule has 17 heavy (non-hydrogen) atoms. The Bertz CT molecular complexity index is 454. The Kier molecular flexibility index (Phi) is 2.92. The van der Waals surface area contributed by atoms with E-state index >= 15 is 0 Å². The lowest BCUT2D eigenvalue weighted by molar-refractivity contribution is 0.0543. The normalized spacial score (nSPS) is 28.4. The van der Waals surface area contributed by atoms with Gasteiger partial charge in [-0.2, -0.15) is 0 Å². The van der Waals surface area contributed by atoms with Crippen molar-refractivity contribution in [2.24, 2.45) is 0 Å². The third-order valence-electron chi connectivity index (χ3n) is 3.63. The van der Waals surface area contributed by atoms with E-state index in [4.69, 9.17) is 0 Å². The lowest BCUT2D eigenvalue weighted by Gasteiger charge is -2.26. The van der Waals surface area contributed by atoms with Gasteiger partial charge in [-0.25, -0.2) is 0 Å². The number of hydrogen-bond acceptors (Lipinski definition) is 2. The molecule has 1 aromatic carbocycles. The molecule has 0 radical (unpaired) electrons. The molecule has 2 atom stereocenters. The Morgan fingerprint density at radius 1 is 1.41 bits per heavy atom. The number of carbonyl (C=O) groups is 1. The first kappa shape index (κ1) is 12.1. The smallest absolute Gasteiger partial charge is 0.159 e. The van der Waals surface area contributed by atoms with Crippen LogP contribution in [0.1, 0.15) is 48.5 Å². The van der Waals surface area contributed by atoms with E-state index < -0.39 is 5.60 Å². The molecule has 2 rings (SSSR count). The molecule has 0 bridgehead atoms. The summed E-state index contributed by atoms with van der Waals surface area (Å²) in [5.74, 6) is 0.0528. The molecule has 0 saturated heterocycles. The van der Waals surface area contributed by atoms with Crippen molar-refractivity contribution < 1.29 is 9.90 Å². The molecule has 0 aromatic heterocycles. The van der Waals surface area contributed by atoms with Gasteiger partial charge >= 0.3 is 0 Å². The number of aliphatic hydroxyl groups is 1. The van der Waals surface area contributed by atoms with Crippen molar-refractivity contribution in [1.82, 2.24) is 0 Å². The topological polar surface area (TPSA) is 37.3 Å². The van der Waals surface area contributed by atoms with Crippen LogP contribution in [0.4, 0.5) is 0 Å². The second-order valence-electron chi connectivity index (χ2n) is 5.13. The number of benzene rings is 1. The minimum Gasteiger partial charge on any atom is -0.389 e. The van der Waals surface area contributed by atoms with Gasteiger partial charge in [0.1, 0.15) is 0 Å². The molecule has 1 aliphatic rings. The summed E-state index contributed by atoms with van der Waals surface area (Å²) in [6.07, 6.45) is 1.62. The van der Waals surface area contributed by atoms with Crippen LogP contribution in [-0.4, -0.2) is 16.5 Å². The zero-order valence-electron chi connectivity index (χ0n) is 10.4. The lowest BCUT2D eigenvalue weighted by Crippen LogP contribution is -2.27. The third-order valence-corrected chi connectivity index (χ3v) is 3.63. The zero-order valence-corrected chi connectivity index (χ0v) is 10.4. The van der Waals surface area contributed by atoms with Crippen LogP contribution in [0.2, 0.25) is 0 Å². The van der Waals surface area contributed by atoms with E-state index in [2.05, 4.69) is 6.58 Å². The molecule has 0 aliphatic heterocycles. The van der Waals surface area contributed by atoms with Crippen molar-refractivity contribution in [1.29, 1.82) is 0 Å². The molecule has 2 nitrogen and oxygen atoms in total. The van der Waals surface area contributed by atoms with Crippen molar-refractivity contribution in [2.45, 2.75) is 38.2 Å². The van der Waals surface area contributed by atoms with Crippen molar-refractivity contribution in [3.8, 4) is 0 Å². The van der Waals surface area contributed by atoms with E-state index in [9.17, 15) is 9.90 Å². The SMILES string of the molecule is C=C1CC[C@@](C)(O)[C@H]1c1ccc(C(C)=O)cc1. The molecule has 1 aliphatic carbocycles. The Morgan fingerprint density at radius 3 is 2.41 bits per heavy atom. The fourth-order valence-corrected chi connectivity index (χ4v) is 2.65. The molecule has 1 N–H and O–H groups in total. The number of ketones is 1. The van der Waals surface area contributed by atoms with Gasteiger partial charge in [-0.3, -0.25) is 4.79 Å². The highest BCUT2D eigenvalue weighted by Crippen LogP contribution is 2.45. The van der Waals surface area contributed by atoms with Gasteiger partial charge in [-0.1, -0.05) is 36.4 Å². The van der Waals surface area contributed by atoms with Crippen LogP contribution in [0.15, 0.2) is 36.4 Å². The average Bonchev–Trinajstić information content (AvgIpc) is 2.53. The van der Waals surface area contributed by atoms with E-state index in [0.29, 0.717) is 5.56 Å². The Morgan fingerprint density at radius 2 is 2.00 bits per heavy atom. The summed E-state index contributed by atoms with van der Waals surface area (Å²) in [4.78, 5) is 11.2. The summed E-state index contributed by atoms with van der Waals surface area (Å²) in [6, 6.07) is 7.48. The number of carbonyl (C=O) groups excluding carboxylic acids is 1. The van der Waals surface area contributed by atoms with Gasteiger partial charge in [0.05, 0.1) is 5.60 Å². The van der Waals surface area contributed by atoms with Crippen LogP contribution < -0.4 is 0 Å². The van der Waals surface area contributed by atoms with Crippen LogP contribution in [0.3, 0.4) is 0 Å². The number of hydrogen-bond donors (Lipinski definition) is 1. The van der Waals surface area contributed by atoms with Gasteiger partial charge in [0.25, 0.3) is 0 Å². The van der Waals surface area contributed by atoms with Crippen LogP contribution in [0.5, 0.6) is 0 Å². The summed E-state index contributed by atoms with van der Waals surface area (Å²) in [5, 5.41) is 10.3. The van der Waals surface area contributed by atoms with Crippen molar-refractivity contribution in [3.63, 3.8) is 0 Å². The predicted octanol–water partition coefficient (Wildman–Crippen LogP) is 3.07. The summed E-state index contributed by atoms with van der Waals surface area (Å²) in [6.45, 7) is 7.45. The molecule has 90 valence electrons. The molecule has 0 spiro atoms. The maximum absolute atomic E-state index is 11.2. The second kappa shape index (κ2) is 4.11. The van der Waals surface area contributed by atoms with Crippen LogP contribution in [0, 0.1) is 0 Å². The molecule has 0 amide bonds. The minimum atomic E-state index is -0.713. The molecular weight excluding hydrogens is 212 g/mol. The van der Waals surface area contributed by atoms with Gasteiger partial charge in [0.15, 0.2) is 5.78 Å². The molecule has 0 unspecified atom stereocenters. The van der Waals surface area contributed by atoms with Crippen molar-refractivity contribution in [3.05, 3.63) is 47.5 Å². The highest BCUT2D eigenvalue weighted by Gasteiger charge is 2.40. The Hall–Kier alpha value is -1.41. The van der Waals surface area contributed by atoms with Gasteiger partial charge in [0.2, 0.25) is 0 Å². The molecule has 0 heterocycles. The van der Waals surface area contributed by atoms with E-state index in [1.807, 2.05) is 31.2 Å². The number of rotatable bonds is 2. The van der Waals surface area contributed by atoms with Crippen LogP contribution >= 0.6 is 0 Å². The summed E-state index contributed by atoms with van der Waals surface area (Å²) in [7, 11) is 0. The van der Waals surface area contributed by atoms with E-state index in [1.165, 1.54) is 0 Å². The predicted molar refractivity (Wildman–Crippen MR) is 68.2 cm³/mol. The van der Waals surface area contributed by atoms with Gasteiger partial charge in [-0.05, 0) is 32.3 Å². The fraction of sp³-hybridized carbons (Fsp3) is 0.400. The van der Waals surface area contributed by atoms with Gasteiger partial charge < -0.3 is 5.11 Å². The van der Waals surface area contributed by atoms with Crippen LogP contribution in [-0.2, 0) is 0 Å². The second-order valence-corrected chi connectivity index (χ2v) is 5.13. The summed E-state index contributed by atoms with van der Waals surface area (Å²) in [5.41, 5.74) is 2.11. The zero-order chi connectivity index (χ0) is 12.6. The highest BCUT2D eigenvalue weighted by molar-refractivity contribution is 5.94. The average molecular weight is 230 g/mol. The fourth-order valence-electron chi connectivity index (χ4n) is 2.65. The van der Waals surface area contributed by atoms with Gasteiger partial charge in [0, 0.05) is 11.5 Å². The van der Waals surface area contributed by atoms with E-state index in [1.54, 1.807) is 6.92 Å². The first-order valence-electron chi connectivity index (χ1n) is 5.93. The molecule has 1 saturated carbocycles. The lowest BCUT2D eigenvalue weighted by atomic mass is 9.84. The third kappa shape index (κ3) is 2.18. The van der Waals surface area contributed by atoms with E-state index in [0.717, 1.165) is 24.0 Å². The molecule has 2 heteroatoms. The molecule has 1 fully saturated rings. The summed E-state index contributed by atoms with van der Waals surface area (Å²) >= 11 is 0. The van der Waals surface area contributed by atoms with E-state index in [-0.39, 0.29) is 11.7 Å². The minimum absolute atomic E-state index is 0.0106. The standard InChI is InChI=1S/C15H18O2/c1-10-8-9-15(3,17)14(10)13-6-4-12(5-7-13)11(2)16/h4-7,14,17H,1,8-9H2,2-3H3/t14-,15-/m1/s1. The van der Waals surface area contributed by atoms with Crippen LogP contribution in [0.25, 0.3) is 0 Å². The van der Waals surface area contributed by atoms with Gasteiger partial charge in [-0.15, -0.1) is 0 Å². The maximum atomic E-state index is 11.2. The largest absolute Gasteiger partial charge is 0.389 e. The monoisotopic (exact) mass is 230 g/mol. The van der Waals surface area contributed by atoms with Crippen molar-refractivity contribution in [2.75, 3.05) is 0 Å². The van der Waals surface area contributed by atoms with Crippen molar-refractivity contribution >= 4 is 5.78 Å². The maximum Gasteiger partial charge on any atom is 0.159 e. The Labute approximate surface area is 102 Å².